The first-order valence-electron chi connectivity index (χ1n) is 6.13. The molecule has 4 heteroatoms. The Morgan fingerprint density at radius 1 is 1.50 bits per heavy atom. The average Bonchev–Trinajstić information content (AvgIpc) is 2.75. The fourth-order valence-corrected chi connectivity index (χ4v) is 1.69. The zero-order valence-electron chi connectivity index (χ0n) is 10.4. The van der Waals surface area contributed by atoms with Gasteiger partial charge in [-0.1, -0.05) is 13.8 Å². The number of nitrogens with two attached hydrogens (primary N) is 1. The molecule has 0 saturated carbocycles. The van der Waals surface area contributed by atoms with Crippen LogP contribution in [-0.4, -0.2) is 29.6 Å². The highest BCUT2D eigenvalue weighted by atomic mass is 14.9. The Bertz CT molecular complexity index is 256. The smallest absolute Gasteiger partial charge is 0.106 e. The molecule has 0 aliphatic rings. The molecule has 1 aromatic rings. The predicted octanol–water partition coefficient (Wildman–Crippen LogP) is 1.16. The van der Waals surface area contributed by atoms with Gasteiger partial charge in [-0.25, -0.2) is 4.98 Å². The Morgan fingerprint density at radius 3 is 2.88 bits per heavy atom. The topological polar surface area (TPSA) is 66.7 Å². The van der Waals surface area contributed by atoms with E-state index in [0.717, 1.165) is 38.3 Å². The van der Waals surface area contributed by atoms with E-state index in [-0.39, 0.29) is 0 Å². The normalized spacial score (nSPS) is 13.2. The van der Waals surface area contributed by atoms with Crippen molar-refractivity contribution >= 4 is 0 Å². The van der Waals surface area contributed by atoms with Crippen LogP contribution in [0.15, 0.2) is 12.4 Å². The van der Waals surface area contributed by atoms with Crippen LogP contribution in [0.4, 0.5) is 0 Å². The van der Waals surface area contributed by atoms with Crippen LogP contribution in [-0.2, 0) is 6.42 Å². The van der Waals surface area contributed by atoms with Crippen molar-refractivity contribution < 1.29 is 0 Å². The molecular formula is C12H24N4. The number of aromatic amines is 1. The van der Waals surface area contributed by atoms with Crippen molar-refractivity contribution in [2.45, 2.75) is 26.7 Å². The monoisotopic (exact) mass is 224 g/mol. The summed E-state index contributed by atoms with van der Waals surface area (Å²) >= 11 is 0. The average molecular weight is 224 g/mol. The van der Waals surface area contributed by atoms with E-state index in [1.807, 2.05) is 6.20 Å². The van der Waals surface area contributed by atoms with Gasteiger partial charge in [0.2, 0.25) is 0 Å². The summed E-state index contributed by atoms with van der Waals surface area (Å²) < 4.78 is 0. The number of nitrogens with one attached hydrogen (secondary N) is 2. The van der Waals surface area contributed by atoms with Gasteiger partial charge >= 0.3 is 0 Å². The van der Waals surface area contributed by atoms with Crippen molar-refractivity contribution in [3.63, 3.8) is 0 Å². The molecule has 0 bridgehead atoms. The Kier molecular flexibility index (Phi) is 6.11. The molecule has 4 nitrogen and oxygen atoms in total. The Morgan fingerprint density at radius 2 is 2.31 bits per heavy atom. The lowest BCUT2D eigenvalue weighted by Crippen LogP contribution is -2.32. The minimum atomic E-state index is 0.587. The number of hydrogen-bond acceptors (Lipinski definition) is 3. The summed E-state index contributed by atoms with van der Waals surface area (Å²) in [5, 5.41) is 3.46. The first-order valence-corrected chi connectivity index (χ1v) is 6.13. The molecule has 1 unspecified atom stereocenters. The molecule has 1 rings (SSSR count). The quantitative estimate of drug-likeness (QED) is 0.581. The molecule has 1 atom stereocenters. The van der Waals surface area contributed by atoms with Gasteiger partial charge in [-0.15, -0.1) is 0 Å². The molecule has 0 amide bonds. The van der Waals surface area contributed by atoms with E-state index in [4.69, 9.17) is 5.73 Å². The SMILES string of the molecule is CC(C)C(CN)CNCCCc1ncc[nH]1. The molecule has 4 N–H and O–H groups in total. The van der Waals surface area contributed by atoms with Crippen molar-refractivity contribution in [3.05, 3.63) is 18.2 Å². The third-order valence-corrected chi connectivity index (χ3v) is 2.97. The van der Waals surface area contributed by atoms with Gasteiger partial charge in [-0.3, -0.25) is 0 Å². The van der Waals surface area contributed by atoms with Crippen molar-refractivity contribution in [1.82, 2.24) is 15.3 Å². The second-order valence-corrected chi connectivity index (χ2v) is 4.58. The van der Waals surface area contributed by atoms with Gasteiger partial charge in [-0.2, -0.15) is 0 Å². The molecule has 0 radical (unpaired) electrons. The minimum Gasteiger partial charge on any atom is -0.349 e. The van der Waals surface area contributed by atoms with Gasteiger partial charge < -0.3 is 16.0 Å². The van der Waals surface area contributed by atoms with Crippen LogP contribution in [0.5, 0.6) is 0 Å². The van der Waals surface area contributed by atoms with Crippen LogP contribution in [0.25, 0.3) is 0 Å². The van der Waals surface area contributed by atoms with E-state index in [9.17, 15) is 0 Å². The second kappa shape index (κ2) is 7.41. The fraction of sp³-hybridized carbons (Fsp3) is 0.750. The van der Waals surface area contributed by atoms with E-state index in [2.05, 4.69) is 29.1 Å². The second-order valence-electron chi connectivity index (χ2n) is 4.58. The van der Waals surface area contributed by atoms with E-state index in [1.165, 1.54) is 0 Å². The van der Waals surface area contributed by atoms with Crippen LogP contribution < -0.4 is 11.1 Å². The molecule has 0 saturated heterocycles. The molecule has 1 aromatic heterocycles. The van der Waals surface area contributed by atoms with Crippen molar-refractivity contribution in [2.75, 3.05) is 19.6 Å². The molecule has 1 heterocycles. The number of imidazole rings is 1. The van der Waals surface area contributed by atoms with Gasteiger partial charge in [-0.05, 0) is 37.9 Å². The number of rotatable bonds is 8. The maximum atomic E-state index is 5.71. The number of hydrogen-bond donors (Lipinski definition) is 3. The molecule has 92 valence electrons. The number of H-pyrrole nitrogens is 1. The first kappa shape index (κ1) is 13.2. The molecule has 16 heavy (non-hydrogen) atoms. The van der Waals surface area contributed by atoms with Gasteiger partial charge in [0.15, 0.2) is 0 Å². The zero-order chi connectivity index (χ0) is 11.8. The van der Waals surface area contributed by atoms with Gasteiger partial charge in [0.05, 0.1) is 0 Å². The lowest BCUT2D eigenvalue weighted by Gasteiger charge is -2.19. The summed E-state index contributed by atoms with van der Waals surface area (Å²) in [6.07, 6.45) is 5.79. The predicted molar refractivity (Wildman–Crippen MR) is 67.2 cm³/mol. The molecule has 0 aliphatic carbocycles. The number of aromatic nitrogens is 2. The summed E-state index contributed by atoms with van der Waals surface area (Å²) in [5.74, 6) is 2.31. The van der Waals surface area contributed by atoms with E-state index in [1.54, 1.807) is 6.20 Å². The zero-order valence-corrected chi connectivity index (χ0v) is 10.4. The molecule has 0 aliphatic heterocycles. The maximum absolute atomic E-state index is 5.71. The Balaban J connectivity index is 2.03. The first-order chi connectivity index (χ1) is 7.74. The summed E-state index contributed by atoms with van der Waals surface area (Å²) in [6, 6.07) is 0. The van der Waals surface area contributed by atoms with Crippen molar-refractivity contribution in [3.8, 4) is 0 Å². The van der Waals surface area contributed by atoms with Gasteiger partial charge in [0, 0.05) is 18.8 Å². The van der Waals surface area contributed by atoms with E-state index < -0.39 is 0 Å². The minimum absolute atomic E-state index is 0.587. The third kappa shape index (κ3) is 4.77. The maximum Gasteiger partial charge on any atom is 0.106 e. The summed E-state index contributed by atoms with van der Waals surface area (Å²) in [6.45, 7) is 7.27. The van der Waals surface area contributed by atoms with Gasteiger partial charge in [0.25, 0.3) is 0 Å². The summed E-state index contributed by atoms with van der Waals surface area (Å²) in [5.41, 5.74) is 5.71. The van der Waals surface area contributed by atoms with Crippen LogP contribution in [0.2, 0.25) is 0 Å². The summed E-state index contributed by atoms with van der Waals surface area (Å²) in [4.78, 5) is 7.30. The third-order valence-electron chi connectivity index (χ3n) is 2.97. The van der Waals surface area contributed by atoms with Crippen LogP contribution >= 0.6 is 0 Å². The molecular weight excluding hydrogens is 200 g/mol. The van der Waals surface area contributed by atoms with Crippen LogP contribution in [0.3, 0.4) is 0 Å². The highest BCUT2D eigenvalue weighted by Gasteiger charge is 2.09. The van der Waals surface area contributed by atoms with Crippen LogP contribution in [0, 0.1) is 11.8 Å². The lowest BCUT2D eigenvalue weighted by atomic mass is 9.96. The largest absolute Gasteiger partial charge is 0.349 e. The Hall–Kier alpha value is -0.870. The van der Waals surface area contributed by atoms with E-state index >= 15 is 0 Å². The highest BCUT2D eigenvalue weighted by Crippen LogP contribution is 2.07. The fourth-order valence-electron chi connectivity index (χ4n) is 1.69. The van der Waals surface area contributed by atoms with Gasteiger partial charge in [0.1, 0.15) is 5.82 Å². The standard InChI is InChI=1S/C12H24N4/c1-10(2)11(8-13)9-14-5-3-4-12-15-6-7-16-12/h6-7,10-11,14H,3-5,8-9,13H2,1-2H3,(H,15,16). The summed E-state index contributed by atoms with van der Waals surface area (Å²) in [7, 11) is 0. The lowest BCUT2D eigenvalue weighted by molar-refractivity contribution is 0.370. The molecule has 0 spiro atoms. The molecule has 0 aromatic carbocycles. The Labute approximate surface area is 98.0 Å². The highest BCUT2D eigenvalue weighted by molar-refractivity contribution is 4.86. The molecule has 0 fully saturated rings. The number of aryl methyl sites for hydroxylation is 1. The van der Waals surface area contributed by atoms with Crippen molar-refractivity contribution in [1.29, 1.82) is 0 Å². The number of nitrogens with zero attached hydrogens (tertiary/aromatic N) is 1. The van der Waals surface area contributed by atoms with E-state index in [0.29, 0.717) is 11.8 Å². The van der Waals surface area contributed by atoms with Crippen LogP contribution in [0.1, 0.15) is 26.1 Å². The van der Waals surface area contributed by atoms with Crippen molar-refractivity contribution in [2.24, 2.45) is 17.6 Å².